The molecule has 0 unspecified atom stereocenters. The maximum absolute atomic E-state index is 3.90. The van der Waals surface area contributed by atoms with Crippen molar-refractivity contribution in [2.24, 2.45) is 0 Å². The van der Waals surface area contributed by atoms with Crippen LogP contribution in [0.15, 0.2) is 0 Å². The summed E-state index contributed by atoms with van der Waals surface area (Å²) in [7, 11) is 13.4. The molecule has 0 aromatic heterocycles. The van der Waals surface area contributed by atoms with Gasteiger partial charge in [-0.2, -0.15) is 0 Å². The molecule has 0 atom stereocenters. The number of hydrogen-bond donors (Lipinski definition) is 4. The Morgan fingerprint density at radius 2 is 0.800 bits per heavy atom. The van der Waals surface area contributed by atoms with Gasteiger partial charge in [0.15, 0.2) is 0 Å². The zero-order valence-electron chi connectivity index (χ0n) is 2.29. The molecule has 0 fully saturated rings. The van der Waals surface area contributed by atoms with Crippen molar-refractivity contribution in [2.45, 2.75) is 0 Å². The van der Waals surface area contributed by atoms with Crippen molar-refractivity contribution >= 4 is 52.5 Å². The molecule has 0 saturated heterocycles. The van der Waals surface area contributed by atoms with Crippen molar-refractivity contribution in [1.29, 1.82) is 0 Å². The van der Waals surface area contributed by atoms with E-state index in [0.29, 0.717) is 0 Å². The van der Waals surface area contributed by atoms with Crippen LogP contribution in [-0.4, -0.2) is 8.70 Å². The standard InChI is InChI=1S/GeH4S4/c2-1(3,4)5/h2-5H. The van der Waals surface area contributed by atoms with Crippen LogP contribution in [0.5, 0.6) is 0 Å². The first kappa shape index (κ1) is 6.94. The van der Waals surface area contributed by atoms with E-state index in [2.05, 4.69) is 43.8 Å². The second-order valence-electron chi connectivity index (χ2n) is 0.600. The van der Waals surface area contributed by atoms with Gasteiger partial charge in [0.2, 0.25) is 0 Å². The molecule has 32 valence electrons. The zero-order valence-corrected chi connectivity index (χ0v) is 7.96. The molecule has 0 aromatic carbocycles. The quantitative estimate of drug-likeness (QED) is 0.330. The molecule has 0 saturated carbocycles. The summed E-state index contributed by atoms with van der Waals surface area (Å²) >= 11 is 0. The topological polar surface area (TPSA) is 0 Å². The van der Waals surface area contributed by atoms with Crippen molar-refractivity contribution in [3.63, 3.8) is 0 Å². The van der Waals surface area contributed by atoms with Gasteiger partial charge in [-0.25, -0.2) is 0 Å². The molecule has 0 aromatic rings. The van der Waals surface area contributed by atoms with Crippen molar-refractivity contribution in [3.05, 3.63) is 0 Å². The third-order valence-electron chi connectivity index (χ3n) is 0. The van der Waals surface area contributed by atoms with Gasteiger partial charge in [-0.1, -0.05) is 0 Å². The average molecular weight is 205 g/mol. The number of thiol groups is 4. The van der Waals surface area contributed by atoms with Gasteiger partial charge < -0.3 is 0 Å². The number of rotatable bonds is 0. The second-order valence-corrected chi connectivity index (χ2v) is 28.1. The molecular weight excluding hydrogens is 201 g/mol. The van der Waals surface area contributed by atoms with Gasteiger partial charge in [-0.3, -0.25) is 0 Å². The van der Waals surface area contributed by atoms with Crippen LogP contribution in [0.4, 0.5) is 0 Å². The molecule has 0 nitrogen and oxygen atoms in total. The van der Waals surface area contributed by atoms with E-state index in [1.807, 2.05) is 0 Å². The summed E-state index contributed by atoms with van der Waals surface area (Å²) in [4.78, 5) is 0. The monoisotopic (exact) mass is 206 g/mol. The normalized spacial score (nSPS) is 12.0. The molecule has 5 heavy (non-hydrogen) atoms. The summed E-state index contributed by atoms with van der Waals surface area (Å²) in [5.74, 6) is 0. The minimum absolute atomic E-state index is 2.22. The predicted molar refractivity (Wildman–Crippen MR) is 41.7 cm³/mol. The van der Waals surface area contributed by atoms with Crippen molar-refractivity contribution in [3.8, 4) is 0 Å². The molecule has 0 spiro atoms. The first-order valence-corrected chi connectivity index (χ1v) is 13.9. The fourth-order valence-corrected chi connectivity index (χ4v) is 0. The Labute approximate surface area is 52.2 Å². The summed E-state index contributed by atoms with van der Waals surface area (Å²) < 4.78 is 0. The van der Waals surface area contributed by atoms with E-state index in [1.54, 1.807) is 0 Å². The molecular formula is H4GeS4. The van der Waals surface area contributed by atoms with E-state index >= 15 is 0 Å². The third kappa shape index (κ3) is 24.5. The first-order valence-electron chi connectivity index (χ1n) is 0.894. The Morgan fingerprint density at radius 3 is 0.800 bits per heavy atom. The van der Waals surface area contributed by atoms with Gasteiger partial charge in [-0.05, 0) is 0 Å². The summed E-state index contributed by atoms with van der Waals surface area (Å²) in [6, 6.07) is 0. The van der Waals surface area contributed by atoms with E-state index in [1.165, 1.54) is 0 Å². The molecule has 0 amide bonds. The van der Waals surface area contributed by atoms with Gasteiger partial charge >= 0.3 is 52.5 Å². The zero-order chi connectivity index (χ0) is 4.50. The molecule has 0 aliphatic rings. The van der Waals surface area contributed by atoms with Crippen LogP contribution >= 0.6 is 43.8 Å². The third-order valence-corrected chi connectivity index (χ3v) is 0. The van der Waals surface area contributed by atoms with Gasteiger partial charge in [0.1, 0.15) is 0 Å². The SMILES string of the molecule is [SH][Ge]([SH])([SH])[SH]. The minimum atomic E-state index is -2.22. The summed E-state index contributed by atoms with van der Waals surface area (Å²) in [6.45, 7) is 0. The summed E-state index contributed by atoms with van der Waals surface area (Å²) in [5, 5.41) is 0. The van der Waals surface area contributed by atoms with E-state index in [4.69, 9.17) is 0 Å². The molecule has 0 N–H and O–H groups in total. The van der Waals surface area contributed by atoms with Crippen LogP contribution in [0.1, 0.15) is 0 Å². The molecule has 0 bridgehead atoms. The fourth-order valence-electron chi connectivity index (χ4n) is 0. The molecule has 0 rings (SSSR count). The first-order chi connectivity index (χ1) is 2.00. The van der Waals surface area contributed by atoms with Crippen LogP contribution in [0.3, 0.4) is 0 Å². The van der Waals surface area contributed by atoms with Gasteiger partial charge in [0, 0.05) is 0 Å². The van der Waals surface area contributed by atoms with Gasteiger partial charge in [-0.15, -0.1) is 0 Å². The Bertz CT molecular complexity index is 19.1. The maximum atomic E-state index is 3.90. The predicted octanol–water partition coefficient (Wildman–Crippen LogP) is 1.14. The van der Waals surface area contributed by atoms with Crippen LogP contribution in [0, 0.1) is 0 Å². The van der Waals surface area contributed by atoms with Crippen LogP contribution in [0.2, 0.25) is 0 Å². The van der Waals surface area contributed by atoms with Gasteiger partial charge in [0.25, 0.3) is 0 Å². The average Bonchev–Trinajstić information content (AvgIpc) is 0.722. The Kier molecular flexibility index (Phi) is 3.20. The van der Waals surface area contributed by atoms with E-state index < -0.39 is 8.70 Å². The Morgan fingerprint density at radius 1 is 0.800 bits per heavy atom. The van der Waals surface area contributed by atoms with E-state index in [-0.39, 0.29) is 0 Å². The van der Waals surface area contributed by atoms with E-state index in [9.17, 15) is 0 Å². The molecule has 0 aliphatic heterocycles. The molecule has 5 heteroatoms. The van der Waals surface area contributed by atoms with Gasteiger partial charge in [0.05, 0.1) is 0 Å². The second kappa shape index (κ2) is 2.30. The molecule has 0 heterocycles. The molecule has 0 aliphatic carbocycles. The van der Waals surface area contributed by atoms with Crippen LogP contribution in [0.25, 0.3) is 0 Å². The van der Waals surface area contributed by atoms with Crippen LogP contribution in [-0.2, 0) is 0 Å². The van der Waals surface area contributed by atoms with Crippen molar-refractivity contribution in [1.82, 2.24) is 0 Å². The van der Waals surface area contributed by atoms with Crippen molar-refractivity contribution < 1.29 is 0 Å². The van der Waals surface area contributed by atoms with Crippen LogP contribution < -0.4 is 0 Å². The number of hydrogen-bond acceptors (Lipinski definition) is 4. The van der Waals surface area contributed by atoms with Crippen molar-refractivity contribution in [2.75, 3.05) is 0 Å². The molecule has 0 radical (unpaired) electrons. The Hall–Kier alpha value is 1.94. The summed E-state index contributed by atoms with van der Waals surface area (Å²) in [5.41, 5.74) is 0. The fraction of sp³-hybridized carbons (Fsp3) is 0. The summed E-state index contributed by atoms with van der Waals surface area (Å²) in [6.07, 6.45) is 0. The van der Waals surface area contributed by atoms with E-state index in [0.717, 1.165) is 0 Å². The Balaban J connectivity index is 3.02.